The summed E-state index contributed by atoms with van der Waals surface area (Å²) >= 11 is 0. The first-order valence-electron chi connectivity index (χ1n) is 6.81. The van der Waals surface area contributed by atoms with Gasteiger partial charge in [-0.05, 0) is 13.3 Å². The molecule has 0 fully saturated rings. The summed E-state index contributed by atoms with van der Waals surface area (Å²) in [7, 11) is 0. The fourth-order valence-corrected chi connectivity index (χ4v) is 2.23. The highest BCUT2D eigenvalue weighted by Crippen LogP contribution is 2.55. The lowest BCUT2D eigenvalue weighted by Crippen LogP contribution is -2.18. The quantitative estimate of drug-likeness (QED) is 0.373. The molecule has 0 bridgehead atoms. The lowest BCUT2D eigenvalue weighted by Gasteiger charge is -2.22. The molecule has 23 heavy (non-hydrogen) atoms. The number of carbonyl (C=O) groups excluding carboxylic acids is 1. The molecule has 0 saturated heterocycles. The molecule has 0 aliphatic heterocycles. The van der Waals surface area contributed by atoms with Crippen LogP contribution in [0.15, 0.2) is 0 Å². The number of phenolic OH excluding ortho intramolecular Hbond substituents is 4. The topological polar surface area (TPSA) is 107 Å². The zero-order chi connectivity index (χ0) is 17.9. The van der Waals surface area contributed by atoms with Crippen LogP contribution in [-0.2, 0) is 15.7 Å². The molecule has 0 heterocycles. The molecule has 130 valence electrons. The fraction of sp³-hybridized carbons (Fsp3) is 0.500. The number of halogens is 3. The van der Waals surface area contributed by atoms with Crippen LogP contribution in [0.25, 0.3) is 0 Å². The lowest BCUT2D eigenvalue weighted by atomic mass is 9.90. The Morgan fingerprint density at radius 1 is 1.04 bits per heavy atom. The molecule has 1 rings (SSSR count). The second kappa shape index (κ2) is 6.84. The number of hydrogen-bond acceptors (Lipinski definition) is 6. The molecule has 1 aromatic rings. The van der Waals surface area contributed by atoms with Crippen molar-refractivity contribution in [1.82, 2.24) is 0 Å². The molecule has 0 radical (unpaired) electrons. The molecule has 0 saturated carbocycles. The van der Waals surface area contributed by atoms with Crippen LogP contribution in [0.1, 0.15) is 43.7 Å². The summed E-state index contributed by atoms with van der Waals surface area (Å²) in [6.45, 7) is 3.05. The predicted molar refractivity (Wildman–Crippen MR) is 72.4 cm³/mol. The van der Waals surface area contributed by atoms with Crippen LogP contribution >= 0.6 is 0 Å². The van der Waals surface area contributed by atoms with Crippen molar-refractivity contribution in [3.05, 3.63) is 11.1 Å². The second-order valence-corrected chi connectivity index (χ2v) is 4.77. The zero-order valence-corrected chi connectivity index (χ0v) is 12.4. The summed E-state index contributed by atoms with van der Waals surface area (Å²) in [5, 5.41) is 38.6. The minimum absolute atomic E-state index is 0.0402. The van der Waals surface area contributed by atoms with Gasteiger partial charge in [0.25, 0.3) is 0 Å². The number of rotatable bonds is 5. The number of aromatic hydroxyl groups is 4. The molecule has 9 heteroatoms. The highest BCUT2D eigenvalue weighted by molar-refractivity contribution is 5.82. The third-order valence-corrected chi connectivity index (χ3v) is 3.21. The Morgan fingerprint density at radius 2 is 1.61 bits per heavy atom. The van der Waals surface area contributed by atoms with Gasteiger partial charge in [0.2, 0.25) is 5.75 Å². The highest BCUT2D eigenvalue weighted by atomic mass is 19.4. The van der Waals surface area contributed by atoms with Gasteiger partial charge in [-0.15, -0.1) is 0 Å². The molecule has 0 aliphatic carbocycles. The average Bonchev–Trinajstić information content (AvgIpc) is 2.43. The maximum absolute atomic E-state index is 13.0. The van der Waals surface area contributed by atoms with Crippen molar-refractivity contribution in [3.63, 3.8) is 0 Å². The van der Waals surface area contributed by atoms with Gasteiger partial charge >= 0.3 is 12.1 Å². The van der Waals surface area contributed by atoms with E-state index in [0.29, 0.717) is 6.42 Å². The summed E-state index contributed by atoms with van der Waals surface area (Å²) in [5.74, 6) is -8.27. The monoisotopic (exact) mass is 338 g/mol. The van der Waals surface area contributed by atoms with E-state index in [2.05, 4.69) is 0 Å². The standard InChI is InChI=1S/C14H17F3O6/c1-3-5-6(13(22)23-4-2)7-9(18)8(14(15,16)17)11(20)12(21)10(7)19/h6,18-21H,3-5H2,1-2H3. The first kappa shape index (κ1) is 18.7. The van der Waals surface area contributed by atoms with E-state index in [1.54, 1.807) is 6.92 Å². The van der Waals surface area contributed by atoms with Crippen LogP contribution in [0.5, 0.6) is 23.0 Å². The molecular weight excluding hydrogens is 321 g/mol. The van der Waals surface area contributed by atoms with Crippen molar-refractivity contribution < 1.29 is 43.1 Å². The Morgan fingerprint density at radius 3 is 2.04 bits per heavy atom. The van der Waals surface area contributed by atoms with Crippen LogP contribution in [0.4, 0.5) is 13.2 Å². The van der Waals surface area contributed by atoms with E-state index in [1.807, 2.05) is 0 Å². The number of carbonyl (C=O) groups is 1. The lowest BCUT2D eigenvalue weighted by molar-refractivity contribution is -0.146. The summed E-state index contributed by atoms with van der Waals surface area (Å²) in [6, 6.07) is 0. The van der Waals surface area contributed by atoms with E-state index < -0.39 is 52.2 Å². The van der Waals surface area contributed by atoms with Gasteiger partial charge in [0.1, 0.15) is 11.3 Å². The van der Waals surface area contributed by atoms with E-state index in [0.717, 1.165) is 0 Å². The van der Waals surface area contributed by atoms with Gasteiger partial charge in [0, 0.05) is 0 Å². The molecule has 4 N–H and O–H groups in total. The van der Waals surface area contributed by atoms with Gasteiger partial charge in [0.05, 0.1) is 18.1 Å². The van der Waals surface area contributed by atoms with E-state index in [1.165, 1.54) is 6.92 Å². The van der Waals surface area contributed by atoms with Crippen molar-refractivity contribution in [1.29, 1.82) is 0 Å². The molecule has 0 aliphatic rings. The molecule has 0 spiro atoms. The minimum atomic E-state index is -5.21. The first-order valence-corrected chi connectivity index (χ1v) is 6.81. The third-order valence-electron chi connectivity index (χ3n) is 3.21. The molecule has 1 atom stereocenters. The van der Waals surface area contributed by atoms with Crippen molar-refractivity contribution in [2.75, 3.05) is 6.61 Å². The van der Waals surface area contributed by atoms with Gasteiger partial charge in [-0.2, -0.15) is 13.2 Å². The van der Waals surface area contributed by atoms with Crippen molar-refractivity contribution in [2.45, 2.75) is 38.8 Å². The molecule has 0 amide bonds. The molecule has 1 unspecified atom stereocenters. The SMILES string of the molecule is CCCC(C(=O)OCC)c1c(O)c(O)c(O)c(C(F)(F)F)c1O. The van der Waals surface area contributed by atoms with Gasteiger partial charge in [-0.25, -0.2) is 0 Å². The van der Waals surface area contributed by atoms with Gasteiger partial charge < -0.3 is 25.2 Å². The Balaban J connectivity index is 3.68. The predicted octanol–water partition coefficient (Wildman–Crippen LogP) is 2.97. The number of benzene rings is 1. The van der Waals surface area contributed by atoms with Crippen LogP contribution in [0.2, 0.25) is 0 Å². The Labute approximate surface area is 129 Å². The fourth-order valence-electron chi connectivity index (χ4n) is 2.23. The Bertz CT molecular complexity index is 597. The number of alkyl halides is 3. The van der Waals surface area contributed by atoms with E-state index >= 15 is 0 Å². The van der Waals surface area contributed by atoms with Crippen LogP contribution in [0.3, 0.4) is 0 Å². The van der Waals surface area contributed by atoms with Gasteiger partial charge in [-0.1, -0.05) is 13.3 Å². The third kappa shape index (κ3) is 3.54. The average molecular weight is 338 g/mol. The van der Waals surface area contributed by atoms with Gasteiger partial charge in [0.15, 0.2) is 11.5 Å². The zero-order valence-electron chi connectivity index (χ0n) is 12.4. The maximum Gasteiger partial charge on any atom is 0.423 e. The summed E-state index contributed by atoms with van der Waals surface area (Å²) in [6.07, 6.45) is -4.92. The van der Waals surface area contributed by atoms with Crippen LogP contribution in [-0.4, -0.2) is 33.0 Å². The molecule has 0 aromatic heterocycles. The van der Waals surface area contributed by atoms with E-state index in [9.17, 15) is 38.4 Å². The number of esters is 1. The minimum Gasteiger partial charge on any atom is -0.507 e. The smallest absolute Gasteiger partial charge is 0.423 e. The van der Waals surface area contributed by atoms with Crippen LogP contribution in [0, 0.1) is 0 Å². The second-order valence-electron chi connectivity index (χ2n) is 4.77. The largest absolute Gasteiger partial charge is 0.507 e. The van der Waals surface area contributed by atoms with Crippen molar-refractivity contribution >= 4 is 5.97 Å². The molecule has 6 nitrogen and oxygen atoms in total. The summed E-state index contributed by atoms with van der Waals surface area (Å²) < 4.78 is 43.6. The van der Waals surface area contributed by atoms with Crippen molar-refractivity contribution in [3.8, 4) is 23.0 Å². The summed E-state index contributed by atoms with van der Waals surface area (Å²) in [4.78, 5) is 11.9. The van der Waals surface area contributed by atoms with Gasteiger partial charge in [-0.3, -0.25) is 4.79 Å². The van der Waals surface area contributed by atoms with E-state index in [4.69, 9.17) is 4.74 Å². The van der Waals surface area contributed by atoms with Crippen LogP contribution < -0.4 is 0 Å². The highest BCUT2D eigenvalue weighted by Gasteiger charge is 2.43. The molecule has 1 aromatic carbocycles. The Hall–Kier alpha value is -2.32. The normalized spacial score (nSPS) is 12.9. The number of phenols is 4. The van der Waals surface area contributed by atoms with Crippen molar-refractivity contribution in [2.24, 2.45) is 0 Å². The summed E-state index contributed by atoms with van der Waals surface area (Å²) in [5.41, 5.74) is -2.75. The number of ether oxygens (including phenoxy) is 1. The first-order chi connectivity index (χ1) is 10.6. The molecular formula is C14H17F3O6. The maximum atomic E-state index is 13.0. The number of hydrogen-bond donors (Lipinski definition) is 4. The Kier molecular flexibility index (Phi) is 5.57. The van der Waals surface area contributed by atoms with E-state index in [-0.39, 0.29) is 13.0 Å².